The molecule has 1 heterocycles. The molecule has 0 radical (unpaired) electrons. The van der Waals surface area contributed by atoms with E-state index in [-0.39, 0.29) is 18.3 Å². The average Bonchev–Trinajstić information content (AvgIpc) is 2.51. The molecule has 0 unspecified atom stereocenters. The maximum atomic E-state index is 11.4. The summed E-state index contributed by atoms with van der Waals surface area (Å²) in [6, 6.07) is 8.06. The predicted molar refractivity (Wildman–Crippen MR) is 49.7 cm³/mol. The van der Waals surface area contributed by atoms with Crippen LogP contribution in [0.2, 0.25) is 0 Å². The van der Waals surface area contributed by atoms with E-state index < -0.39 is 0 Å². The Labute approximate surface area is 77.5 Å². The Morgan fingerprint density at radius 2 is 2.31 bits per heavy atom. The SMILES string of the molecule is Cc1cccc([C@@H]2COCC2=O)c1. The van der Waals surface area contributed by atoms with Crippen molar-refractivity contribution in [2.75, 3.05) is 13.2 Å². The van der Waals surface area contributed by atoms with Crippen molar-refractivity contribution in [3.8, 4) is 0 Å². The third-order valence-corrected chi connectivity index (χ3v) is 2.36. The molecule has 0 aliphatic carbocycles. The second-order valence-corrected chi connectivity index (χ2v) is 3.45. The van der Waals surface area contributed by atoms with Gasteiger partial charge in [0.2, 0.25) is 0 Å². The summed E-state index contributed by atoms with van der Waals surface area (Å²) >= 11 is 0. The first-order chi connectivity index (χ1) is 6.27. The van der Waals surface area contributed by atoms with Crippen molar-refractivity contribution in [3.05, 3.63) is 35.4 Å². The molecule has 2 heteroatoms. The van der Waals surface area contributed by atoms with Crippen LogP contribution in [0.15, 0.2) is 24.3 Å². The zero-order valence-corrected chi connectivity index (χ0v) is 7.62. The zero-order valence-electron chi connectivity index (χ0n) is 7.62. The van der Waals surface area contributed by atoms with E-state index in [4.69, 9.17) is 4.74 Å². The van der Waals surface area contributed by atoms with Crippen LogP contribution >= 0.6 is 0 Å². The lowest BCUT2D eigenvalue weighted by molar-refractivity contribution is -0.118. The standard InChI is InChI=1S/C11H12O2/c1-8-3-2-4-9(5-8)10-6-13-7-11(10)12/h2-5,10H,6-7H2,1H3/t10-/m0/s1. The molecule has 2 nitrogen and oxygen atoms in total. The lowest BCUT2D eigenvalue weighted by Gasteiger charge is -2.06. The minimum Gasteiger partial charge on any atom is -0.373 e. The Kier molecular flexibility index (Phi) is 2.15. The van der Waals surface area contributed by atoms with Gasteiger partial charge in [0.1, 0.15) is 6.61 Å². The highest BCUT2D eigenvalue weighted by molar-refractivity contribution is 5.88. The molecule has 1 saturated heterocycles. The Hall–Kier alpha value is -1.15. The molecule has 1 aliphatic rings. The highest BCUT2D eigenvalue weighted by Gasteiger charge is 2.26. The molecule has 2 rings (SSSR count). The smallest absolute Gasteiger partial charge is 0.168 e. The number of carbonyl (C=O) groups excluding carboxylic acids is 1. The molecule has 68 valence electrons. The second kappa shape index (κ2) is 3.30. The van der Waals surface area contributed by atoms with Gasteiger partial charge in [-0.2, -0.15) is 0 Å². The van der Waals surface area contributed by atoms with E-state index in [2.05, 4.69) is 6.07 Å². The Bertz CT molecular complexity index is 331. The van der Waals surface area contributed by atoms with Crippen molar-refractivity contribution in [2.45, 2.75) is 12.8 Å². The van der Waals surface area contributed by atoms with Crippen molar-refractivity contribution in [3.63, 3.8) is 0 Å². The summed E-state index contributed by atoms with van der Waals surface area (Å²) < 4.78 is 5.11. The number of hydrogen-bond donors (Lipinski definition) is 0. The molecule has 0 aromatic heterocycles. The molecule has 0 N–H and O–H groups in total. The van der Waals surface area contributed by atoms with Crippen LogP contribution in [0.1, 0.15) is 17.0 Å². The number of carbonyl (C=O) groups is 1. The van der Waals surface area contributed by atoms with Crippen LogP contribution in [0.3, 0.4) is 0 Å². The van der Waals surface area contributed by atoms with Gasteiger partial charge in [0.15, 0.2) is 5.78 Å². The van der Waals surface area contributed by atoms with E-state index in [1.165, 1.54) is 5.56 Å². The van der Waals surface area contributed by atoms with E-state index in [1.54, 1.807) is 0 Å². The van der Waals surface area contributed by atoms with Gasteiger partial charge in [0, 0.05) is 0 Å². The van der Waals surface area contributed by atoms with Gasteiger partial charge in [-0.05, 0) is 12.5 Å². The fourth-order valence-corrected chi connectivity index (χ4v) is 1.64. The van der Waals surface area contributed by atoms with Crippen LogP contribution in [0.5, 0.6) is 0 Å². The summed E-state index contributed by atoms with van der Waals surface area (Å²) in [7, 11) is 0. The van der Waals surface area contributed by atoms with E-state index in [0.717, 1.165) is 5.56 Å². The molecule has 1 fully saturated rings. The summed E-state index contributed by atoms with van der Waals surface area (Å²) in [6.45, 7) is 2.85. The molecule has 0 bridgehead atoms. The van der Waals surface area contributed by atoms with Crippen LogP contribution in [-0.2, 0) is 9.53 Å². The first-order valence-corrected chi connectivity index (χ1v) is 4.44. The molecule has 1 aromatic rings. The minimum atomic E-state index is -0.0279. The summed E-state index contributed by atoms with van der Waals surface area (Å²) in [5.41, 5.74) is 2.28. The van der Waals surface area contributed by atoms with E-state index in [1.807, 2.05) is 25.1 Å². The molecule has 1 aliphatic heterocycles. The zero-order chi connectivity index (χ0) is 9.26. The Morgan fingerprint density at radius 1 is 1.46 bits per heavy atom. The molecular weight excluding hydrogens is 164 g/mol. The number of ether oxygens (including phenoxy) is 1. The molecule has 0 amide bonds. The van der Waals surface area contributed by atoms with Crippen LogP contribution in [0.4, 0.5) is 0 Å². The van der Waals surface area contributed by atoms with Gasteiger partial charge in [-0.15, -0.1) is 0 Å². The maximum Gasteiger partial charge on any atom is 0.168 e. The Balaban J connectivity index is 2.29. The van der Waals surface area contributed by atoms with Crippen LogP contribution < -0.4 is 0 Å². The lowest BCUT2D eigenvalue weighted by atomic mass is 9.96. The van der Waals surface area contributed by atoms with Crippen molar-refractivity contribution in [2.24, 2.45) is 0 Å². The van der Waals surface area contributed by atoms with Gasteiger partial charge < -0.3 is 4.74 Å². The highest BCUT2D eigenvalue weighted by Crippen LogP contribution is 2.22. The van der Waals surface area contributed by atoms with Crippen molar-refractivity contribution in [1.29, 1.82) is 0 Å². The molecule has 1 atom stereocenters. The Morgan fingerprint density at radius 3 is 2.92 bits per heavy atom. The molecule has 0 spiro atoms. The molecule has 13 heavy (non-hydrogen) atoms. The largest absolute Gasteiger partial charge is 0.373 e. The summed E-state index contributed by atoms with van der Waals surface area (Å²) in [6.07, 6.45) is 0. The van der Waals surface area contributed by atoms with Crippen LogP contribution in [0, 0.1) is 6.92 Å². The van der Waals surface area contributed by atoms with Crippen molar-refractivity contribution >= 4 is 5.78 Å². The van der Waals surface area contributed by atoms with Gasteiger partial charge in [-0.25, -0.2) is 0 Å². The fourth-order valence-electron chi connectivity index (χ4n) is 1.64. The number of hydrogen-bond acceptors (Lipinski definition) is 2. The number of Topliss-reactive ketones (excluding diaryl/α,β-unsaturated/α-hetero) is 1. The summed E-state index contributed by atoms with van der Waals surface area (Å²) in [5, 5.41) is 0. The summed E-state index contributed by atoms with van der Waals surface area (Å²) in [5.74, 6) is 0.172. The normalized spacial score (nSPS) is 22.2. The van der Waals surface area contributed by atoms with E-state index >= 15 is 0 Å². The quantitative estimate of drug-likeness (QED) is 0.650. The first-order valence-electron chi connectivity index (χ1n) is 4.44. The summed E-state index contributed by atoms with van der Waals surface area (Å²) in [4.78, 5) is 11.4. The van der Waals surface area contributed by atoms with Gasteiger partial charge in [-0.1, -0.05) is 29.8 Å². The third-order valence-electron chi connectivity index (χ3n) is 2.36. The lowest BCUT2D eigenvalue weighted by Crippen LogP contribution is -2.08. The van der Waals surface area contributed by atoms with Crippen LogP contribution in [0.25, 0.3) is 0 Å². The fraction of sp³-hybridized carbons (Fsp3) is 0.364. The van der Waals surface area contributed by atoms with Gasteiger partial charge in [0.25, 0.3) is 0 Å². The van der Waals surface area contributed by atoms with Gasteiger partial charge in [0.05, 0.1) is 12.5 Å². The van der Waals surface area contributed by atoms with Gasteiger partial charge in [-0.3, -0.25) is 4.79 Å². The first kappa shape index (κ1) is 8.45. The van der Waals surface area contributed by atoms with E-state index in [9.17, 15) is 4.79 Å². The van der Waals surface area contributed by atoms with Crippen molar-refractivity contribution in [1.82, 2.24) is 0 Å². The number of ketones is 1. The third kappa shape index (κ3) is 1.63. The molecule has 0 saturated carbocycles. The average molecular weight is 176 g/mol. The van der Waals surface area contributed by atoms with Crippen LogP contribution in [-0.4, -0.2) is 19.0 Å². The monoisotopic (exact) mass is 176 g/mol. The van der Waals surface area contributed by atoms with E-state index in [0.29, 0.717) is 6.61 Å². The topological polar surface area (TPSA) is 26.3 Å². The highest BCUT2D eigenvalue weighted by atomic mass is 16.5. The molecular formula is C11H12O2. The minimum absolute atomic E-state index is 0.0279. The van der Waals surface area contributed by atoms with Gasteiger partial charge >= 0.3 is 0 Å². The number of rotatable bonds is 1. The maximum absolute atomic E-state index is 11.4. The van der Waals surface area contributed by atoms with Crippen molar-refractivity contribution < 1.29 is 9.53 Å². The predicted octanol–water partition coefficient (Wildman–Crippen LogP) is 1.68. The molecule has 1 aromatic carbocycles. The number of aryl methyl sites for hydroxylation is 1. The second-order valence-electron chi connectivity index (χ2n) is 3.45. The number of benzene rings is 1.